The molecule has 1 saturated heterocycles. The number of carbonyl (C=O) groups is 1. The van der Waals surface area contributed by atoms with E-state index in [1.807, 2.05) is 19.1 Å². The Morgan fingerprint density at radius 2 is 2.06 bits per heavy atom. The molecule has 1 fully saturated rings. The zero-order chi connectivity index (χ0) is 22.2. The number of benzene rings is 2. The van der Waals surface area contributed by atoms with Crippen LogP contribution in [0, 0.1) is 12.7 Å². The number of fused-ring (bicyclic) bond motifs is 1. The number of anilines is 2. The molecule has 31 heavy (non-hydrogen) atoms. The van der Waals surface area contributed by atoms with Gasteiger partial charge in [0.15, 0.2) is 0 Å². The number of pyridine rings is 1. The van der Waals surface area contributed by atoms with Crippen molar-refractivity contribution in [3.05, 3.63) is 65.1 Å². The lowest BCUT2D eigenvalue weighted by Gasteiger charge is -2.31. The Morgan fingerprint density at radius 3 is 2.81 bits per heavy atom. The first kappa shape index (κ1) is 21.0. The van der Waals surface area contributed by atoms with Gasteiger partial charge in [-0.15, -0.1) is 0 Å². The molecule has 2 heterocycles. The van der Waals surface area contributed by atoms with Crippen molar-refractivity contribution in [3.8, 4) is 0 Å². The molecule has 9 heteroatoms. The van der Waals surface area contributed by atoms with Crippen LogP contribution >= 0.6 is 0 Å². The third-order valence-electron chi connectivity index (χ3n) is 5.28. The molecule has 1 unspecified atom stereocenters. The van der Waals surface area contributed by atoms with Crippen molar-refractivity contribution in [3.63, 3.8) is 0 Å². The number of nitrogens with one attached hydrogen (secondary N) is 1. The number of hydrogen-bond donors (Lipinski definition) is 1. The molecule has 5 nitrogen and oxygen atoms in total. The van der Waals surface area contributed by atoms with Gasteiger partial charge in [0.25, 0.3) is 0 Å². The number of morpholine rings is 1. The number of carbonyl (C=O) groups excluding carboxylic acids is 1. The van der Waals surface area contributed by atoms with E-state index < -0.39 is 17.6 Å². The number of aryl methyl sites for hydroxylation is 1. The highest BCUT2D eigenvalue weighted by atomic mass is 19.4. The van der Waals surface area contributed by atoms with E-state index in [0.717, 1.165) is 35.1 Å². The van der Waals surface area contributed by atoms with Gasteiger partial charge in [0.2, 0.25) is 6.41 Å². The van der Waals surface area contributed by atoms with E-state index in [-0.39, 0.29) is 11.8 Å². The minimum absolute atomic E-state index is 0.0674. The van der Waals surface area contributed by atoms with Gasteiger partial charge in [0.05, 0.1) is 18.7 Å². The summed E-state index contributed by atoms with van der Waals surface area (Å²) >= 11 is 0. The monoisotopic (exact) mass is 433 g/mol. The molecule has 0 spiro atoms. The van der Waals surface area contributed by atoms with Gasteiger partial charge in [-0.25, -0.2) is 9.37 Å². The van der Waals surface area contributed by atoms with Gasteiger partial charge in [-0.05, 0) is 36.1 Å². The number of aromatic nitrogens is 1. The zero-order valence-corrected chi connectivity index (χ0v) is 16.5. The predicted molar refractivity (Wildman–Crippen MR) is 107 cm³/mol. The fourth-order valence-corrected chi connectivity index (χ4v) is 3.77. The molecule has 4 rings (SSSR count). The number of nitrogens with zero attached hydrogens (tertiary/aromatic N) is 2. The third-order valence-corrected chi connectivity index (χ3v) is 5.28. The van der Waals surface area contributed by atoms with E-state index >= 15 is 0 Å². The second kappa shape index (κ2) is 8.14. The number of rotatable bonds is 4. The summed E-state index contributed by atoms with van der Waals surface area (Å²) in [5.41, 5.74) is 0.442. The predicted octanol–water partition coefficient (Wildman–Crippen LogP) is 4.97. The summed E-state index contributed by atoms with van der Waals surface area (Å²) in [5.74, 6) is -0.999. The van der Waals surface area contributed by atoms with E-state index in [1.54, 1.807) is 17.2 Å². The Morgan fingerprint density at radius 1 is 1.26 bits per heavy atom. The molecule has 0 saturated carbocycles. The topological polar surface area (TPSA) is 54.5 Å². The number of hydrogen-bond acceptors (Lipinski definition) is 4. The van der Waals surface area contributed by atoms with Gasteiger partial charge in [-0.3, -0.25) is 4.79 Å². The standard InChI is InChI=1S/C22H19F4N3O2/c1-13-3-2-4-15-20(13)16(19-11-29(12-30)7-8-31-19)10-27-21(15)28-14-5-6-18(23)17(9-14)22(24,25)26/h2-6,9-10,12,19H,7-8,11H2,1H3,(H,27,28). The first-order chi connectivity index (χ1) is 14.8. The molecule has 162 valence electrons. The van der Waals surface area contributed by atoms with Crippen LogP contribution in [0.25, 0.3) is 10.8 Å². The molecule has 1 aliphatic heterocycles. The second-order valence-electron chi connectivity index (χ2n) is 7.34. The lowest BCUT2D eigenvalue weighted by atomic mass is 9.97. The average Bonchev–Trinajstić information content (AvgIpc) is 2.75. The first-order valence-corrected chi connectivity index (χ1v) is 9.61. The fourth-order valence-electron chi connectivity index (χ4n) is 3.77. The molecular formula is C22H19F4N3O2. The van der Waals surface area contributed by atoms with Gasteiger partial charge in [-0.1, -0.05) is 18.2 Å². The minimum Gasteiger partial charge on any atom is -0.370 e. The highest BCUT2D eigenvalue weighted by molar-refractivity contribution is 5.97. The molecule has 1 aliphatic rings. The maximum atomic E-state index is 13.6. The van der Waals surface area contributed by atoms with Crippen molar-refractivity contribution in [2.24, 2.45) is 0 Å². The number of alkyl halides is 3. The summed E-state index contributed by atoms with van der Waals surface area (Å²) in [7, 11) is 0. The Bertz CT molecular complexity index is 1130. The fraction of sp³-hybridized carbons (Fsp3) is 0.273. The molecule has 2 aromatic carbocycles. The molecule has 1 atom stereocenters. The molecule has 1 aromatic heterocycles. The second-order valence-corrected chi connectivity index (χ2v) is 7.34. The van der Waals surface area contributed by atoms with E-state index in [4.69, 9.17) is 4.74 Å². The van der Waals surface area contributed by atoms with Crippen LogP contribution in [0.2, 0.25) is 0 Å². The maximum absolute atomic E-state index is 13.6. The van der Waals surface area contributed by atoms with E-state index in [2.05, 4.69) is 10.3 Å². The van der Waals surface area contributed by atoms with Gasteiger partial charge in [0, 0.05) is 29.4 Å². The minimum atomic E-state index is -4.81. The number of amides is 1. The summed E-state index contributed by atoms with van der Waals surface area (Å²) in [6.07, 6.45) is -2.79. The quantitative estimate of drug-likeness (QED) is 0.466. The summed E-state index contributed by atoms with van der Waals surface area (Å²) < 4.78 is 58.7. The Hall–Kier alpha value is -3.20. The summed E-state index contributed by atoms with van der Waals surface area (Å²) in [6, 6.07) is 8.26. The summed E-state index contributed by atoms with van der Waals surface area (Å²) in [4.78, 5) is 17.2. The summed E-state index contributed by atoms with van der Waals surface area (Å²) in [6.45, 7) is 3.20. The molecule has 0 aliphatic carbocycles. The van der Waals surface area contributed by atoms with Gasteiger partial charge in [0.1, 0.15) is 17.7 Å². The molecule has 1 amide bonds. The van der Waals surface area contributed by atoms with Crippen molar-refractivity contribution >= 4 is 28.7 Å². The first-order valence-electron chi connectivity index (χ1n) is 9.61. The van der Waals surface area contributed by atoms with Gasteiger partial charge < -0.3 is 15.0 Å². The van der Waals surface area contributed by atoms with Crippen LogP contribution in [0.5, 0.6) is 0 Å². The van der Waals surface area contributed by atoms with E-state index in [9.17, 15) is 22.4 Å². The normalized spacial score (nSPS) is 17.1. The lowest BCUT2D eigenvalue weighted by Crippen LogP contribution is -2.37. The highest BCUT2D eigenvalue weighted by Crippen LogP contribution is 2.36. The van der Waals surface area contributed by atoms with E-state index in [1.165, 1.54) is 6.07 Å². The summed E-state index contributed by atoms with van der Waals surface area (Å²) in [5, 5.41) is 4.40. The average molecular weight is 433 g/mol. The molecule has 0 radical (unpaired) electrons. The largest absolute Gasteiger partial charge is 0.419 e. The van der Waals surface area contributed by atoms with Crippen molar-refractivity contribution in [2.75, 3.05) is 25.0 Å². The number of halogens is 4. The Balaban J connectivity index is 1.76. The Labute approximate surface area is 175 Å². The molecule has 0 bridgehead atoms. The van der Waals surface area contributed by atoms with Crippen LogP contribution in [0.1, 0.15) is 22.8 Å². The number of ether oxygens (including phenoxy) is 1. The van der Waals surface area contributed by atoms with Crippen molar-refractivity contribution < 1.29 is 27.1 Å². The Kier molecular flexibility index (Phi) is 5.53. The van der Waals surface area contributed by atoms with Crippen LogP contribution in [0.4, 0.5) is 29.1 Å². The van der Waals surface area contributed by atoms with Gasteiger partial charge in [-0.2, -0.15) is 13.2 Å². The maximum Gasteiger partial charge on any atom is 0.419 e. The molecule has 3 aromatic rings. The van der Waals surface area contributed by atoms with Crippen LogP contribution in [-0.4, -0.2) is 36.0 Å². The highest BCUT2D eigenvalue weighted by Gasteiger charge is 2.34. The van der Waals surface area contributed by atoms with Crippen molar-refractivity contribution in [1.82, 2.24) is 9.88 Å². The SMILES string of the molecule is Cc1cccc2c(Nc3ccc(F)c(C(F)(F)F)c3)ncc(C3CN(C=O)CCO3)c12. The van der Waals surface area contributed by atoms with Crippen LogP contribution in [0.3, 0.4) is 0 Å². The van der Waals surface area contributed by atoms with Crippen LogP contribution in [0.15, 0.2) is 42.6 Å². The third kappa shape index (κ3) is 4.18. The van der Waals surface area contributed by atoms with Crippen LogP contribution in [-0.2, 0) is 15.7 Å². The zero-order valence-electron chi connectivity index (χ0n) is 16.5. The van der Waals surface area contributed by atoms with Crippen molar-refractivity contribution in [1.29, 1.82) is 0 Å². The van der Waals surface area contributed by atoms with E-state index in [0.29, 0.717) is 30.9 Å². The molecular weight excluding hydrogens is 414 g/mol. The smallest absolute Gasteiger partial charge is 0.370 e. The van der Waals surface area contributed by atoms with Gasteiger partial charge >= 0.3 is 6.18 Å². The van der Waals surface area contributed by atoms with Crippen molar-refractivity contribution in [2.45, 2.75) is 19.2 Å². The lowest BCUT2D eigenvalue weighted by molar-refractivity contribution is -0.139. The van der Waals surface area contributed by atoms with Crippen LogP contribution < -0.4 is 5.32 Å². The molecule has 1 N–H and O–H groups in total.